The first-order valence-electron chi connectivity index (χ1n) is 11.7. The Morgan fingerprint density at radius 3 is 2.10 bits per heavy atom. The maximum absolute atomic E-state index is 10.6. The highest BCUT2D eigenvalue weighted by molar-refractivity contribution is 5.73. The number of nitrogens with zero attached hydrogens (tertiary/aromatic N) is 3. The summed E-state index contributed by atoms with van der Waals surface area (Å²) < 4.78 is 75.3. The quantitative estimate of drug-likeness (QED) is 0.511. The van der Waals surface area contributed by atoms with Gasteiger partial charge in [-0.3, -0.25) is 14.8 Å². The van der Waals surface area contributed by atoms with Gasteiger partial charge in [0.05, 0.1) is 30.7 Å². The number of hydrogen-bond donors (Lipinski definition) is 2. The van der Waals surface area contributed by atoms with Gasteiger partial charge in [-0.05, 0) is 50.6 Å². The van der Waals surface area contributed by atoms with Crippen LogP contribution in [-0.2, 0) is 27.4 Å². The lowest BCUT2D eigenvalue weighted by molar-refractivity contribution is -0.193. The van der Waals surface area contributed by atoms with E-state index in [1.807, 2.05) is 24.4 Å². The number of aromatic nitrogens is 1. The van der Waals surface area contributed by atoms with Crippen molar-refractivity contribution in [2.75, 3.05) is 26.7 Å². The van der Waals surface area contributed by atoms with E-state index in [2.05, 4.69) is 34.0 Å². The number of piperidine rings is 1. The van der Waals surface area contributed by atoms with E-state index in [1.54, 1.807) is 6.26 Å². The Labute approximate surface area is 220 Å². The Morgan fingerprint density at radius 2 is 1.64 bits per heavy atom. The predicted molar refractivity (Wildman–Crippen MR) is 123 cm³/mol. The lowest BCUT2D eigenvalue weighted by atomic mass is 9.87. The molecule has 4 rings (SSSR count). The van der Waals surface area contributed by atoms with Crippen molar-refractivity contribution in [2.45, 2.75) is 56.3 Å². The topological polar surface area (TPSA) is 116 Å². The molecule has 2 fully saturated rings. The van der Waals surface area contributed by atoms with E-state index in [1.165, 1.54) is 0 Å². The number of alkyl halides is 6. The molecule has 39 heavy (non-hydrogen) atoms. The summed E-state index contributed by atoms with van der Waals surface area (Å²) in [6, 6.07) is 10.6. The minimum Gasteiger partial charge on any atom is -0.475 e. The number of furan rings is 1. The van der Waals surface area contributed by atoms with Crippen LogP contribution >= 0.6 is 0 Å². The summed E-state index contributed by atoms with van der Waals surface area (Å²) in [5.41, 5.74) is 1.23. The molecule has 218 valence electrons. The molecule has 1 spiro atoms. The first kappa shape index (κ1) is 32.0. The van der Waals surface area contributed by atoms with Gasteiger partial charge >= 0.3 is 24.3 Å². The predicted octanol–water partition coefficient (Wildman–Crippen LogP) is 4.20. The van der Waals surface area contributed by atoms with Crippen molar-refractivity contribution in [3.8, 4) is 0 Å². The second kappa shape index (κ2) is 13.8. The number of carboxylic acid groups (broad SMARTS) is 2. The van der Waals surface area contributed by atoms with Crippen LogP contribution in [0.5, 0.6) is 0 Å². The summed E-state index contributed by atoms with van der Waals surface area (Å²) >= 11 is 0. The van der Waals surface area contributed by atoms with Crippen LogP contribution in [0.3, 0.4) is 0 Å². The molecule has 0 aliphatic carbocycles. The SMILES string of the molecule is CN(Cc1ccco1)C1COC2(CCN(Cc3ccccn3)CC2)C1.O=C(O)C(F)(F)F.O=C(O)C(F)(F)F. The van der Waals surface area contributed by atoms with Crippen LogP contribution in [0.1, 0.15) is 30.7 Å². The minimum atomic E-state index is -5.08. The van der Waals surface area contributed by atoms with E-state index < -0.39 is 24.3 Å². The number of rotatable bonds is 5. The van der Waals surface area contributed by atoms with Gasteiger partial charge in [-0.15, -0.1) is 0 Å². The molecule has 2 aliphatic rings. The monoisotopic (exact) mass is 569 g/mol. The molecule has 9 nitrogen and oxygen atoms in total. The van der Waals surface area contributed by atoms with Crippen molar-refractivity contribution >= 4 is 11.9 Å². The highest BCUT2D eigenvalue weighted by atomic mass is 19.4. The van der Waals surface area contributed by atoms with Gasteiger partial charge in [0, 0.05) is 31.9 Å². The first-order chi connectivity index (χ1) is 18.1. The van der Waals surface area contributed by atoms with Gasteiger partial charge in [0.1, 0.15) is 5.76 Å². The van der Waals surface area contributed by atoms with Crippen LogP contribution < -0.4 is 0 Å². The number of hydrogen-bond acceptors (Lipinski definition) is 7. The van der Waals surface area contributed by atoms with Gasteiger partial charge in [-0.1, -0.05) is 6.07 Å². The lowest BCUT2D eigenvalue weighted by Crippen LogP contribution is -2.44. The van der Waals surface area contributed by atoms with Gasteiger partial charge in [0.25, 0.3) is 0 Å². The van der Waals surface area contributed by atoms with Crippen LogP contribution in [-0.4, -0.2) is 87.7 Å². The Balaban J connectivity index is 0.000000317. The Bertz CT molecular complexity index is 1000. The Morgan fingerprint density at radius 1 is 1.05 bits per heavy atom. The number of ether oxygens (including phenoxy) is 1. The molecule has 2 aromatic heterocycles. The number of pyridine rings is 1. The van der Waals surface area contributed by atoms with Gasteiger partial charge in [-0.25, -0.2) is 9.59 Å². The summed E-state index contributed by atoms with van der Waals surface area (Å²) in [6.07, 6.45) is -3.19. The normalized spacial score (nSPS) is 19.1. The largest absolute Gasteiger partial charge is 0.490 e. The van der Waals surface area contributed by atoms with Gasteiger partial charge in [0.15, 0.2) is 0 Å². The molecule has 1 unspecified atom stereocenters. The molecule has 0 amide bonds. The molecule has 15 heteroatoms. The average molecular weight is 569 g/mol. The van der Waals surface area contributed by atoms with Crippen LogP contribution in [0.4, 0.5) is 26.3 Å². The number of halogens is 6. The van der Waals surface area contributed by atoms with E-state index in [0.717, 1.165) is 63.5 Å². The third kappa shape index (κ3) is 10.8. The number of carbonyl (C=O) groups is 2. The third-order valence-corrected chi connectivity index (χ3v) is 6.16. The van der Waals surface area contributed by atoms with Crippen LogP contribution in [0.15, 0.2) is 47.2 Å². The maximum Gasteiger partial charge on any atom is 0.490 e. The zero-order valence-corrected chi connectivity index (χ0v) is 20.9. The fourth-order valence-electron chi connectivity index (χ4n) is 4.07. The number of carboxylic acids is 2. The molecule has 0 radical (unpaired) electrons. The highest BCUT2D eigenvalue weighted by Crippen LogP contribution is 2.38. The molecule has 0 saturated carbocycles. The van der Waals surface area contributed by atoms with E-state index in [0.29, 0.717) is 6.04 Å². The molecule has 0 bridgehead atoms. The van der Waals surface area contributed by atoms with Crippen molar-refractivity contribution in [2.24, 2.45) is 0 Å². The average Bonchev–Trinajstić information content (AvgIpc) is 3.51. The third-order valence-electron chi connectivity index (χ3n) is 6.16. The van der Waals surface area contributed by atoms with Crippen LogP contribution in [0.25, 0.3) is 0 Å². The van der Waals surface area contributed by atoms with Crippen molar-refractivity contribution in [1.82, 2.24) is 14.8 Å². The van der Waals surface area contributed by atoms with Crippen LogP contribution in [0.2, 0.25) is 0 Å². The van der Waals surface area contributed by atoms with Gasteiger partial charge in [0.2, 0.25) is 0 Å². The van der Waals surface area contributed by atoms with E-state index in [-0.39, 0.29) is 5.60 Å². The standard InChI is InChI=1S/C20H27N3O2.2C2HF3O2/c1-22(15-19-6-4-12-24-19)18-13-20(25-16-18)7-10-23(11-8-20)14-17-5-2-3-9-21-17;2*3-2(4,5)1(6)7/h2-6,9,12,18H,7-8,10-11,13-16H2,1H3;2*(H,6,7). The fraction of sp³-hybridized carbons (Fsp3) is 0.542. The smallest absolute Gasteiger partial charge is 0.475 e. The molecular weight excluding hydrogens is 540 g/mol. The summed E-state index contributed by atoms with van der Waals surface area (Å²) in [7, 11) is 2.17. The van der Waals surface area contributed by atoms with Crippen molar-refractivity contribution in [1.29, 1.82) is 0 Å². The molecule has 1 atom stereocenters. The molecule has 2 N–H and O–H groups in total. The second-order valence-corrected chi connectivity index (χ2v) is 9.05. The first-order valence-corrected chi connectivity index (χ1v) is 11.7. The second-order valence-electron chi connectivity index (χ2n) is 9.05. The fourth-order valence-corrected chi connectivity index (χ4v) is 4.07. The summed E-state index contributed by atoms with van der Waals surface area (Å²) in [4.78, 5) is 27.1. The van der Waals surface area contributed by atoms with Crippen molar-refractivity contribution in [3.05, 3.63) is 54.2 Å². The molecular formula is C24H29F6N3O6. The molecule has 2 aromatic rings. The zero-order valence-electron chi connectivity index (χ0n) is 20.9. The van der Waals surface area contributed by atoms with Gasteiger partial charge in [-0.2, -0.15) is 26.3 Å². The molecule has 4 heterocycles. The highest BCUT2D eigenvalue weighted by Gasteiger charge is 2.44. The van der Waals surface area contributed by atoms with E-state index in [9.17, 15) is 26.3 Å². The number of aliphatic carboxylic acids is 2. The summed E-state index contributed by atoms with van der Waals surface area (Å²) in [6.45, 7) is 4.80. The Hall–Kier alpha value is -3.17. The zero-order chi connectivity index (χ0) is 29.3. The van der Waals surface area contributed by atoms with Gasteiger partial charge < -0.3 is 19.4 Å². The lowest BCUT2D eigenvalue weighted by Gasteiger charge is -2.38. The summed E-state index contributed by atoms with van der Waals surface area (Å²) in [5, 5.41) is 14.2. The summed E-state index contributed by atoms with van der Waals surface area (Å²) in [5.74, 6) is -4.49. The van der Waals surface area contributed by atoms with Crippen molar-refractivity contribution in [3.63, 3.8) is 0 Å². The van der Waals surface area contributed by atoms with Crippen LogP contribution in [0, 0.1) is 0 Å². The molecule has 0 aromatic carbocycles. The minimum absolute atomic E-state index is 0.0721. The Kier molecular flexibility index (Phi) is 11.3. The van der Waals surface area contributed by atoms with E-state index >= 15 is 0 Å². The van der Waals surface area contributed by atoms with E-state index in [4.69, 9.17) is 29.0 Å². The molecule has 2 aliphatic heterocycles. The molecule has 2 saturated heterocycles. The van der Waals surface area contributed by atoms with Crippen molar-refractivity contribution < 1.29 is 55.3 Å². The number of likely N-dealkylation sites (tertiary alicyclic amines) is 1. The maximum atomic E-state index is 10.6. The number of likely N-dealkylation sites (N-methyl/N-ethyl adjacent to an activating group) is 1.